The van der Waals surface area contributed by atoms with Gasteiger partial charge in [0.1, 0.15) is 0 Å². The number of hydrogen-bond donors (Lipinski definition) is 1. The minimum atomic E-state index is 0. The molecule has 0 radical (unpaired) electrons. The molecule has 0 spiro atoms. The highest BCUT2D eigenvalue weighted by Gasteiger charge is 2.18. The largest absolute Gasteiger partial charge is 0.351 e. The first-order valence-electron chi connectivity index (χ1n) is 7.27. The van der Waals surface area contributed by atoms with Crippen molar-refractivity contribution in [1.82, 2.24) is 20.0 Å². The number of guanidine groups is 1. The fourth-order valence-corrected chi connectivity index (χ4v) is 2.75. The molecule has 1 aliphatic heterocycles. The summed E-state index contributed by atoms with van der Waals surface area (Å²) in [4.78, 5) is 6.72. The van der Waals surface area contributed by atoms with Gasteiger partial charge in [-0.25, -0.2) is 0 Å². The molecule has 1 aliphatic rings. The Kier molecular flexibility index (Phi) is 5.82. The van der Waals surface area contributed by atoms with Gasteiger partial charge in [0, 0.05) is 33.4 Å². The Balaban J connectivity index is 0.00000176. The number of nitrogens with zero attached hydrogens (tertiary/aromatic N) is 4. The maximum Gasteiger partial charge on any atom is 0.194 e. The van der Waals surface area contributed by atoms with Crippen molar-refractivity contribution < 1.29 is 0 Å². The van der Waals surface area contributed by atoms with E-state index in [0.717, 1.165) is 37.7 Å². The normalized spacial score (nSPS) is 14.3. The maximum absolute atomic E-state index is 4.42. The van der Waals surface area contributed by atoms with E-state index < -0.39 is 0 Å². The number of benzene rings is 1. The summed E-state index contributed by atoms with van der Waals surface area (Å²) in [5.74, 6) is 0.950. The second kappa shape index (κ2) is 7.62. The number of rotatable bonds is 2. The maximum atomic E-state index is 4.42. The molecule has 1 aromatic heterocycles. The molecular weight excluding hydrogens is 389 g/mol. The third-order valence-electron chi connectivity index (χ3n) is 3.99. The van der Waals surface area contributed by atoms with Crippen LogP contribution in [0.1, 0.15) is 16.8 Å². The lowest BCUT2D eigenvalue weighted by Gasteiger charge is -2.31. The molecule has 0 aliphatic carbocycles. The highest BCUT2D eigenvalue weighted by Crippen LogP contribution is 2.18. The number of nitrogens with one attached hydrogen (secondary N) is 1. The molecule has 3 rings (SSSR count). The number of aromatic nitrogens is 2. The fraction of sp³-hybridized carbons (Fsp3) is 0.375. The fourth-order valence-electron chi connectivity index (χ4n) is 2.75. The molecule has 1 N–H and O–H groups in total. The van der Waals surface area contributed by atoms with Crippen LogP contribution in [0.3, 0.4) is 0 Å². The van der Waals surface area contributed by atoms with Gasteiger partial charge in [-0.3, -0.25) is 9.67 Å². The van der Waals surface area contributed by atoms with E-state index >= 15 is 0 Å². The van der Waals surface area contributed by atoms with Crippen LogP contribution in [0, 0.1) is 0 Å². The first kappa shape index (κ1) is 16.8. The van der Waals surface area contributed by atoms with E-state index in [9.17, 15) is 0 Å². The quantitative estimate of drug-likeness (QED) is 0.468. The Morgan fingerprint density at radius 2 is 2.05 bits per heavy atom. The zero-order valence-electron chi connectivity index (χ0n) is 13.0. The zero-order valence-corrected chi connectivity index (χ0v) is 15.3. The second-order valence-electron chi connectivity index (χ2n) is 5.29. The van der Waals surface area contributed by atoms with Crippen LogP contribution in [0.2, 0.25) is 0 Å². The van der Waals surface area contributed by atoms with Gasteiger partial charge in [-0.1, -0.05) is 24.3 Å². The average Bonchev–Trinajstić information content (AvgIpc) is 2.93. The Bertz CT molecular complexity index is 649. The Hall–Kier alpha value is -1.57. The number of hydrogen-bond acceptors (Lipinski definition) is 2. The lowest BCUT2D eigenvalue weighted by Crippen LogP contribution is -2.43. The van der Waals surface area contributed by atoms with Crippen LogP contribution in [0.15, 0.2) is 41.5 Å². The summed E-state index contributed by atoms with van der Waals surface area (Å²) in [5.41, 5.74) is 4.00. The lowest BCUT2D eigenvalue weighted by molar-refractivity contribution is 0.378. The first-order chi connectivity index (χ1) is 10.3. The summed E-state index contributed by atoms with van der Waals surface area (Å²) in [7, 11) is 3.79. The van der Waals surface area contributed by atoms with Crippen LogP contribution in [0.5, 0.6) is 0 Å². The predicted octanol–water partition coefficient (Wildman–Crippen LogP) is 2.17. The molecule has 6 heteroatoms. The number of aliphatic imine (C=N–C) groups is 1. The molecule has 0 amide bonds. The molecular formula is C16H22IN5. The summed E-state index contributed by atoms with van der Waals surface area (Å²) < 4.78 is 1.88. The second-order valence-corrected chi connectivity index (χ2v) is 5.29. The molecule has 0 saturated heterocycles. The molecule has 0 fully saturated rings. The van der Waals surface area contributed by atoms with Crippen LogP contribution in [-0.2, 0) is 26.6 Å². The van der Waals surface area contributed by atoms with Gasteiger partial charge in [0.15, 0.2) is 5.96 Å². The van der Waals surface area contributed by atoms with E-state index in [0.29, 0.717) is 0 Å². The number of halogens is 1. The number of aryl methyl sites for hydroxylation is 1. The van der Waals surface area contributed by atoms with Gasteiger partial charge < -0.3 is 10.2 Å². The standard InChI is InChI=1S/C16H21N5.HI/c1-17-16(18-11-15-7-9-19-20(15)2)21-10-8-13-5-3-4-6-14(13)12-21;/h3-7,9H,8,10-12H2,1-2H3,(H,17,18);1H. The summed E-state index contributed by atoms with van der Waals surface area (Å²) in [6.45, 7) is 2.66. The SMILES string of the molecule is CN=C(NCc1ccnn1C)N1CCc2ccccc2C1.I. The summed E-state index contributed by atoms with van der Waals surface area (Å²) >= 11 is 0. The molecule has 2 heterocycles. The molecule has 2 aromatic rings. The van der Waals surface area contributed by atoms with Crippen LogP contribution < -0.4 is 5.32 Å². The minimum Gasteiger partial charge on any atom is -0.351 e. The topological polar surface area (TPSA) is 45.5 Å². The summed E-state index contributed by atoms with van der Waals surface area (Å²) in [5, 5.41) is 7.61. The van der Waals surface area contributed by atoms with E-state index in [1.54, 1.807) is 0 Å². The molecule has 22 heavy (non-hydrogen) atoms. The van der Waals surface area contributed by atoms with Crippen molar-refractivity contribution >= 4 is 29.9 Å². The molecule has 118 valence electrons. The first-order valence-corrected chi connectivity index (χ1v) is 7.27. The van der Waals surface area contributed by atoms with E-state index in [1.165, 1.54) is 11.1 Å². The van der Waals surface area contributed by atoms with E-state index in [4.69, 9.17) is 0 Å². The van der Waals surface area contributed by atoms with Gasteiger partial charge in [0.05, 0.1) is 12.2 Å². The van der Waals surface area contributed by atoms with Crippen LogP contribution in [0.25, 0.3) is 0 Å². The molecule has 5 nitrogen and oxygen atoms in total. The minimum absolute atomic E-state index is 0. The van der Waals surface area contributed by atoms with Gasteiger partial charge in [0.2, 0.25) is 0 Å². The van der Waals surface area contributed by atoms with Crippen LogP contribution >= 0.6 is 24.0 Å². The van der Waals surface area contributed by atoms with Gasteiger partial charge in [-0.2, -0.15) is 5.10 Å². The smallest absolute Gasteiger partial charge is 0.194 e. The van der Waals surface area contributed by atoms with Crippen molar-refractivity contribution in [2.75, 3.05) is 13.6 Å². The van der Waals surface area contributed by atoms with E-state index in [1.807, 2.05) is 31.0 Å². The van der Waals surface area contributed by atoms with Gasteiger partial charge in [-0.15, -0.1) is 24.0 Å². The zero-order chi connectivity index (χ0) is 14.7. The molecule has 0 saturated carbocycles. The highest BCUT2D eigenvalue weighted by molar-refractivity contribution is 14.0. The molecule has 0 bridgehead atoms. The van der Waals surface area contributed by atoms with Gasteiger partial charge in [-0.05, 0) is 23.6 Å². The molecule has 1 aromatic carbocycles. The summed E-state index contributed by atoms with van der Waals surface area (Å²) in [6.07, 6.45) is 2.89. The van der Waals surface area contributed by atoms with Crippen LogP contribution in [-0.4, -0.2) is 34.2 Å². The van der Waals surface area contributed by atoms with Crippen molar-refractivity contribution in [2.24, 2.45) is 12.0 Å². The molecule has 0 atom stereocenters. The highest BCUT2D eigenvalue weighted by atomic mass is 127. The van der Waals surface area contributed by atoms with Gasteiger partial charge >= 0.3 is 0 Å². The Morgan fingerprint density at radius 1 is 1.27 bits per heavy atom. The van der Waals surface area contributed by atoms with Crippen molar-refractivity contribution in [3.05, 3.63) is 53.3 Å². The average molecular weight is 411 g/mol. The van der Waals surface area contributed by atoms with E-state index in [-0.39, 0.29) is 24.0 Å². The predicted molar refractivity (Wildman–Crippen MR) is 99.4 cm³/mol. The monoisotopic (exact) mass is 411 g/mol. The molecule has 0 unspecified atom stereocenters. The third kappa shape index (κ3) is 3.60. The third-order valence-corrected chi connectivity index (χ3v) is 3.99. The van der Waals surface area contributed by atoms with Crippen molar-refractivity contribution in [2.45, 2.75) is 19.5 Å². The van der Waals surface area contributed by atoms with Gasteiger partial charge in [0.25, 0.3) is 0 Å². The van der Waals surface area contributed by atoms with Crippen molar-refractivity contribution in [3.8, 4) is 0 Å². The van der Waals surface area contributed by atoms with Crippen molar-refractivity contribution in [1.29, 1.82) is 0 Å². The number of fused-ring (bicyclic) bond motifs is 1. The lowest BCUT2D eigenvalue weighted by atomic mass is 10.0. The Morgan fingerprint density at radius 3 is 2.73 bits per heavy atom. The van der Waals surface area contributed by atoms with Crippen LogP contribution in [0.4, 0.5) is 0 Å². The van der Waals surface area contributed by atoms with Crippen molar-refractivity contribution in [3.63, 3.8) is 0 Å². The Labute approximate surface area is 148 Å². The summed E-state index contributed by atoms with van der Waals surface area (Å²) in [6, 6.07) is 10.7. The van der Waals surface area contributed by atoms with E-state index in [2.05, 4.69) is 44.6 Å².